The molecule has 114 valence electrons. The van der Waals surface area contributed by atoms with Crippen LogP contribution >= 0.6 is 11.3 Å². The third-order valence-corrected chi connectivity index (χ3v) is 4.35. The second-order valence-electron chi connectivity index (χ2n) is 5.14. The standard InChI is InChI=1S/C16H14F2N2OS/c17-12-7-6-11(8-13(12)18)14-9-22-16(19-14)20-15(21)10-4-2-1-3-5-10/h1-2,6-10H,3-5H2,(H,19,20,21)/t10-/m1/s1. The van der Waals surface area contributed by atoms with Crippen LogP contribution in [0.3, 0.4) is 0 Å². The summed E-state index contributed by atoms with van der Waals surface area (Å²) in [6.07, 6.45) is 6.59. The van der Waals surface area contributed by atoms with Crippen LogP contribution in [0, 0.1) is 17.6 Å². The lowest BCUT2D eigenvalue weighted by Crippen LogP contribution is -2.23. The molecule has 0 fully saturated rings. The van der Waals surface area contributed by atoms with Gasteiger partial charge in [-0.1, -0.05) is 12.2 Å². The third-order valence-electron chi connectivity index (χ3n) is 3.59. The summed E-state index contributed by atoms with van der Waals surface area (Å²) in [6, 6.07) is 3.63. The molecule has 0 aliphatic heterocycles. The Morgan fingerprint density at radius 1 is 1.27 bits per heavy atom. The normalized spacial score (nSPS) is 17.5. The number of hydrogen-bond acceptors (Lipinski definition) is 3. The predicted molar refractivity (Wildman–Crippen MR) is 82.6 cm³/mol. The Labute approximate surface area is 130 Å². The first-order chi connectivity index (χ1) is 10.6. The van der Waals surface area contributed by atoms with E-state index >= 15 is 0 Å². The van der Waals surface area contributed by atoms with Crippen molar-refractivity contribution in [2.45, 2.75) is 19.3 Å². The Morgan fingerprint density at radius 2 is 2.14 bits per heavy atom. The zero-order chi connectivity index (χ0) is 15.5. The first kappa shape index (κ1) is 14.8. The van der Waals surface area contributed by atoms with Gasteiger partial charge in [0, 0.05) is 16.9 Å². The van der Waals surface area contributed by atoms with Gasteiger partial charge in [-0.15, -0.1) is 11.3 Å². The number of hydrogen-bond donors (Lipinski definition) is 1. The SMILES string of the molecule is O=C(Nc1nc(-c2ccc(F)c(F)c2)cs1)[C@@H]1CC=CCC1. The summed E-state index contributed by atoms with van der Waals surface area (Å²) in [4.78, 5) is 16.4. The van der Waals surface area contributed by atoms with Crippen LogP contribution in [-0.2, 0) is 4.79 Å². The van der Waals surface area contributed by atoms with Crippen LogP contribution < -0.4 is 5.32 Å². The monoisotopic (exact) mass is 320 g/mol. The van der Waals surface area contributed by atoms with E-state index in [2.05, 4.69) is 16.4 Å². The van der Waals surface area contributed by atoms with Crippen molar-refractivity contribution in [2.24, 2.45) is 5.92 Å². The van der Waals surface area contributed by atoms with E-state index in [0.717, 1.165) is 31.4 Å². The Bertz CT molecular complexity index is 727. The first-order valence-corrected chi connectivity index (χ1v) is 7.88. The fourth-order valence-corrected chi connectivity index (χ4v) is 3.08. The molecular formula is C16H14F2N2OS. The second kappa shape index (κ2) is 6.36. The van der Waals surface area contributed by atoms with Crippen LogP contribution in [0.25, 0.3) is 11.3 Å². The van der Waals surface area contributed by atoms with Crippen molar-refractivity contribution >= 4 is 22.4 Å². The largest absolute Gasteiger partial charge is 0.302 e. The fourth-order valence-electron chi connectivity index (χ4n) is 2.36. The van der Waals surface area contributed by atoms with Crippen molar-refractivity contribution in [2.75, 3.05) is 5.32 Å². The fraction of sp³-hybridized carbons (Fsp3) is 0.250. The van der Waals surface area contributed by atoms with Gasteiger partial charge in [0.25, 0.3) is 0 Å². The van der Waals surface area contributed by atoms with Gasteiger partial charge in [0.15, 0.2) is 16.8 Å². The van der Waals surface area contributed by atoms with E-state index in [1.807, 2.05) is 6.08 Å². The number of anilines is 1. The van der Waals surface area contributed by atoms with Gasteiger partial charge < -0.3 is 5.32 Å². The molecule has 1 aliphatic carbocycles. The predicted octanol–water partition coefficient (Wildman–Crippen LogP) is 4.38. The van der Waals surface area contributed by atoms with Crippen molar-refractivity contribution in [1.82, 2.24) is 4.98 Å². The lowest BCUT2D eigenvalue weighted by molar-refractivity contribution is -0.120. The Balaban J connectivity index is 1.72. The molecule has 0 unspecified atom stereocenters. The molecule has 0 saturated carbocycles. The van der Waals surface area contributed by atoms with Gasteiger partial charge >= 0.3 is 0 Å². The smallest absolute Gasteiger partial charge is 0.229 e. The maximum absolute atomic E-state index is 13.2. The highest BCUT2D eigenvalue weighted by Gasteiger charge is 2.19. The van der Waals surface area contributed by atoms with Crippen LogP contribution in [0.4, 0.5) is 13.9 Å². The molecule has 2 aromatic rings. The number of benzene rings is 1. The zero-order valence-electron chi connectivity index (χ0n) is 11.7. The maximum atomic E-state index is 13.2. The van der Waals surface area contributed by atoms with Crippen molar-refractivity contribution in [3.8, 4) is 11.3 Å². The number of amides is 1. The molecule has 1 N–H and O–H groups in total. The molecule has 0 spiro atoms. The summed E-state index contributed by atoms with van der Waals surface area (Å²) in [7, 11) is 0. The van der Waals surface area contributed by atoms with Crippen LogP contribution in [0.1, 0.15) is 19.3 Å². The van der Waals surface area contributed by atoms with E-state index in [1.54, 1.807) is 5.38 Å². The van der Waals surface area contributed by atoms with Gasteiger partial charge in [0.2, 0.25) is 5.91 Å². The molecular weight excluding hydrogens is 306 g/mol. The molecule has 6 heteroatoms. The van der Waals surface area contributed by atoms with E-state index in [0.29, 0.717) is 16.4 Å². The van der Waals surface area contributed by atoms with Gasteiger partial charge in [-0.05, 0) is 37.5 Å². The first-order valence-electron chi connectivity index (χ1n) is 7.00. The molecule has 1 aliphatic rings. The van der Waals surface area contributed by atoms with Crippen molar-refractivity contribution in [3.05, 3.63) is 47.4 Å². The highest BCUT2D eigenvalue weighted by Crippen LogP contribution is 2.27. The van der Waals surface area contributed by atoms with Crippen molar-refractivity contribution < 1.29 is 13.6 Å². The molecule has 1 aromatic heterocycles. The number of carbonyl (C=O) groups excluding carboxylic acids is 1. The molecule has 1 atom stereocenters. The van der Waals surface area contributed by atoms with E-state index in [4.69, 9.17) is 0 Å². The summed E-state index contributed by atoms with van der Waals surface area (Å²) in [5.41, 5.74) is 0.999. The minimum atomic E-state index is -0.912. The number of nitrogens with one attached hydrogen (secondary N) is 1. The zero-order valence-corrected chi connectivity index (χ0v) is 12.5. The Hall–Kier alpha value is -2.08. The highest BCUT2D eigenvalue weighted by atomic mass is 32.1. The van der Waals surface area contributed by atoms with Gasteiger partial charge in [0.1, 0.15) is 0 Å². The Kier molecular flexibility index (Phi) is 4.29. The van der Waals surface area contributed by atoms with Crippen LogP contribution in [0.2, 0.25) is 0 Å². The van der Waals surface area contributed by atoms with Gasteiger partial charge in [-0.3, -0.25) is 4.79 Å². The minimum Gasteiger partial charge on any atom is -0.302 e. The van der Waals surface area contributed by atoms with E-state index in [1.165, 1.54) is 17.4 Å². The van der Waals surface area contributed by atoms with E-state index < -0.39 is 11.6 Å². The van der Waals surface area contributed by atoms with E-state index in [9.17, 15) is 13.6 Å². The Morgan fingerprint density at radius 3 is 2.86 bits per heavy atom. The lowest BCUT2D eigenvalue weighted by Gasteiger charge is -2.15. The maximum Gasteiger partial charge on any atom is 0.229 e. The summed E-state index contributed by atoms with van der Waals surface area (Å²) in [5, 5.41) is 4.98. The number of nitrogens with zero attached hydrogens (tertiary/aromatic N) is 1. The van der Waals surface area contributed by atoms with Gasteiger partial charge in [0.05, 0.1) is 5.69 Å². The summed E-state index contributed by atoms with van der Waals surface area (Å²) in [6.45, 7) is 0. The molecule has 3 nitrogen and oxygen atoms in total. The van der Waals surface area contributed by atoms with E-state index in [-0.39, 0.29) is 11.8 Å². The quantitative estimate of drug-likeness (QED) is 0.853. The molecule has 1 heterocycles. The average Bonchev–Trinajstić information content (AvgIpc) is 2.99. The lowest BCUT2D eigenvalue weighted by atomic mass is 9.94. The summed E-state index contributed by atoms with van der Waals surface area (Å²) >= 11 is 1.27. The average molecular weight is 320 g/mol. The highest BCUT2D eigenvalue weighted by molar-refractivity contribution is 7.14. The third kappa shape index (κ3) is 3.22. The van der Waals surface area contributed by atoms with Crippen LogP contribution in [0.15, 0.2) is 35.7 Å². The molecule has 22 heavy (non-hydrogen) atoms. The molecule has 1 aromatic carbocycles. The number of carbonyl (C=O) groups is 1. The summed E-state index contributed by atoms with van der Waals surface area (Å²) in [5.74, 6) is -1.88. The molecule has 0 bridgehead atoms. The topological polar surface area (TPSA) is 42.0 Å². The van der Waals surface area contributed by atoms with Crippen LogP contribution in [-0.4, -0.2) is 10.9 Å². The number of aromatic nitrogens is 1. The minimum absolute atomic E-state index is 0.0272. The van der Waals surface area contributed by atoms with Crippen molar-refractivity contribution in [1.29, 1.82) is 0 Å². The molecule has 1 amide bonds. The van der Waals surface area contributed by atoms with Crippen LogP contribution in [0.5, 0.6) is 0 Å². The number of halogens is 2. The molecule has 0 saturated heterocycles. The molecule has 0 radical (unpaired) electrons. The summed E-state index contributed by atoms with van der Waals surface area (Å²) < 4.78 is 26.2. The van der Waals surface area contributed by atoms with Gasteiger partial charge in [-0.2, -0.15) is 0 Å². The van der Waals surface area contributed by atoms with Crippen molar-refractivity contribution in [3.63, 3.8) is 0 Å². The number of rotatable bonds is 3. The number of allylic oxidation sites excluding steroid dienone is 2. The number of thiazole rings is 1. The molecule has 3 rings (SSSR count). The van der Waals surface area contributed by atoms with Gasteiger partial charge in [-0.25, -0.2) is 13.8 Å². The second-order valence-corrected chi connectivity index (χ2v) is 6.00.